The van der Waals surface area contributed by atoms with E-state index in [9.17, 15) is 0 Å². The molecule has 2 aliphatic carbocycles. The van der Waals surface area contributed by atoms with E-state index in [1.807, 2.05) is 5.01 Å². The van der Waals surface area contributed by atoms with Crippen LogP contribution in [0.15, 0.2) is 48.5 Å². The summed E-state index contributed by atoms with van der Waals surface area (Å²) in [5.41, 5.74) is 6.44. The molecule has 0 radical (unpaired) electrons. The molecule has 1 aliphatic heterocycles. The second-order valence-corrected chi connectivity index (χ2v) is 7.33. The molecule has 2 aromatic rings. The maximum Gasteiger partial charge on any atom is 0.0344 e. The van der Waals surface area contributed by atoms with E-state index in [2.05, 4.69) is 53.4 Å². The fraction of sp³-hybridized carbons (Fsp3) is 0.400. The predicted octanol–water partition coefficient (Wildman–Crippen LogP) is 2.31. The fourth-order valence-corrected chi connectivity index (χ4v) is 5.11. The Morgan fingerprint density at radius 3 is 2.04 bits per heavy atom. The first kappa shape index (κ1) is 13.7. The first-order chi connectivity index (χ1) is 11.3. The first-order valence-electron chi connectivity index (χ1n) is 8.69. The highest BCUT2D eigenvalue weighted by molar-refractivity contribution is 5.62. The van der Waals surface area contributed by atoms with Gasteiger partial charge in [-0.3, -0.25) is 10.7 Å². The van der Waals surface area contributed by atoms with Crippen LogP contribution in [0.5, 0.6) is 0 Å². The number of hydrogen-bond acceptors (Lipinski definition) is 3. The Morgan fingerprint density at radius 1 is 0.870 bits per heavy atom. The molecule has 5 rings (SSSR count). The van der Waals surface area contributed by atoms with Gasteiger partial charge in [0.1, 0.15) is 0 Å². The second kappa shape index (κ2) is 4.91. The Morgan fingerprint density at radius 2 is 1.43 bits per heavy atom. The summed E-state index contributed by atoms with van der Waals surface area (Å²) in [6, 6.07) is 18.2. The molecule has 1 fully saturated rings. The molecule has 0 unspecified atom stereocenters. The van der Waals surface area contributed by atoms with Crippen LogP contribution in [-0.2, 0) is 5.41 Å². The van der Waals surface area contributed by atoms with Crippen molar-refractivity contribution in [2.24, 2.45) is 5.84 Å². The third kappa shape index (κ3) is 1.87. The van der Waals surface area contributed by atoms with E-state index in [1.54, 1.807) is 22.3 Å². The Hall–Kier alpha value is -1.68. The van der Waals surface area contributed by atoms with Crippen LogP contribution >= 0.6 is 0 Å². The molecular formula is C20H23N3. The molecule has 1 heterocycles. The van der Waals surface area contributed by atoms with E-state index < -0.39 is 0 Å². The molecule has 0 spiro atoms. The van der Waals surface area contributed by atoms with Crippen LogP contribution < -0.4 is 5.84 Å². The van der Waals surface area contributed by atoms with Crippen LogP contribution in [-0.4, -0.2) is 42.6 Å². The number of hydrogen-bond donors (Lipinski definition) is 1. The summed E-state index contributed by atoms with van der Waals surface area (Å²) in [4.78, 5) is 2.62. The standard InChI is InChI=1S/C20H23N3/c21-23-11-9-22(10-12-23)14-20-13-17(15-5-1-3-7-18(15)20)16-6-2-4-8-19(16)20/h1-8,17H,9-14,21H2. The number of nitrogens with two attached hydrogens (primary N) is 1. The van der Waals surface area contributed by atoms with Gasteiger partial charge in [0.15, 0.2) is 0 Å². The zero-order valence-electron chi connectivity index (χ0n) is 13.4. The van der Waals surface area contributed by atoms with Gasteiger partial charge in [-0.25, -0.2) is 5.01 Å². The molecule has 0 aromatic heterocycles. The summed E-state index contributed by atoms with van der Waals surface area (Å²) in [7, 11) is 0. The van der Waals surface area contributed by atoms with Crippen molar-refractivity contribution in [2.45, 2.75) is 17.8 Å². The quantitative estimate of drug-likeness (QED) is 0.864. The van der Waals surface area contributed by atoms with Crippen LogP contribution in [0.3, 0.4) is 0 Å². The van der Waals surface area contributed by atoms with Gasteiger partial charge >= 0.3 is 0 Å². The van der Waals surface area contributed by atoms with Gasteiger partial charge in [-0.05, 0) is 28.7 Å². The normalized spacial score (nSPS) is 29.5. The smallest absolute Gasteiger partial charge is 0.0344 e. The summed E-state index contributed by atoms with van der Waals surface area (Å²) >= 11 is 0. The Kier molecular flexibility index (Phi) is 2.93. The number of benzene rings is 2. The van der Waals surface area contributed by atoms with Crippen LogP contribution in [0, 0.1) is 0 Å². The van der Waals surface area contributed by atoms with E-state index in [1.165, 1.54) is 6.42 Å². The monoisotopic (exact) mass is 305 g/mol. The minimum absolute atomic E-state index is 0.189. The van der Waals surface area contributed by atoms with Crippen molar-refractivity contribution < 1.29 is 0 Å². The van der Waals surface area contributed by atoms with Crippen molar-refractivity contribution in [2.75, 3.05) is 32.7 Å². The number of nitrogens with zero attached hydrogens (tertiary/aromatic N) is 2. The summed E-state index contributed by atoms with van der Waals surface area (Å²) < 4.78 is 0. The van der Waals surface area contributed by atoms with E-state index in [-0.39, 0.29) is 5.41 Å². The first-order valence-corrected chi connectivity index (χ1v) is 8.69. The summed E-state index contributed by atoms with van der Waals surface area (Å²) in [6.07, 6.45) is 1.24. The third-order valence-electron chi connectivity index (χ3n) is 6.16. The van der Waals surface area contributed by atoms with Crippen LogP contribution in [0.2, 0.25) is 0 Å². The molecule has 3 aliphatic rings. The molecule has 0 amide bonds. The molecule has 2 aromatic carbocycles. The average Bonchev–Trinajstić information content (AvgIpc) is 3.10. The average molecular weight is 305 g/mol. The molecule has 118 valence electrons. The van der Waals surface area contributed by atoms with Crippen LogP contribution in [0.4, 0.5) is 0 Å². The Balaban J connectivity index is 1.59. The van der Waals surface area contributed by atoms with Crippen molar-refractivity contribution in [1.82, 2.24) is 9.91 Å². The molecule has 2 bridgehead atoms. The van der Waals surface area contributed by atoms with Gasteiger partial charge in [-0.2, -0.15) is 0 Å². The third-order valence-corrected chi connectivity index (χ3v) is 6.16. The van der Waals surface area contributed by atoms with E-state index in [4.69, 9.17) is 5.84 Å². The number of fused-ring (bicyclic) bond motifs is 8. The Labute approximate surface area is 137 Å². The molecule has 3 nitrogen and oxygen atoms in total. The zero-order chi connectivity index (χ0) is 15.4. The Bertz CT molecular complexity index is 699. The largest absolute Gasteiger partial charge is 0.299 e. The summed E-state index contributed by atoms with van der Waals surface area (Å²) in [5.74, 6) is 6.53. The number of piperazine rings is 1. The molecular weight excluding hydrogens is 282 g/mol. The molecule has 23 heavy (non-hydrogen) atoms. The van der Waals surface area contributed by atoms with Gasteiger partial charge in [-0.1, -0.05) is 48.5 Å². The maximum atomic E-state index is 5.94. The minimum atomic E-state index is 0.189. The van der Waals surface area contributed by atoms with Crippen molar-refractivity contribution in [3.05, 3.63) is 70.8 Å². The maximum absolute atomic E-state index is 5.94. The van der Waals surface area contributed by atoms with Gasteiger partial charge in [0, 0.05) is 44.1 Å². The van der Waals surface area contributed by atoms with Crippen molar-refractivity contribution in [3.8, 4) is 0 Å². The van der Waals surface area contributed by atoms with E-state index in [0.717, 1.165) is 32.7 Å². The number of rotatable bonds is 2. The fourth-order valence-electron chi connectivity index (χ4n) is 5.11. The van der Waals surface area contributed by atoms with Gasteiger partial charge in [0.25, 0.3) is 0 Å². The predicted molar refractivity (Wildman–Crippen MR) is 92.3 cm³/mol. The van der Waals surface area contributed by atoms with Crippen molar-refractivity contribution in [1.29, 1.82) is 0 Å². The second-order valence-electron chi connectivity index (χ2n) is 7.33. The van der Waals surface area contributed by atoms with Gasteiger partial charge in [0.2, 0.25) is 0 Å². The zero-order valence-corrected chi connectivity index (χ0v) is 13.4. The van der Waals surface area contributed by atoms with Gasteiger partial charge in [0.05, 0.1) is 0 Å². The molecule has 0 atom stereocenters. The highest BCUT2D eigenvalue weighted by Gasteiger charge is 2.52. The molecule has 3 heteroatoms. The minimum Gasteiger partial charge on any atom is -0.299 e. The lowest BCUT2D eigenvalue weighted by Gasteiger charge is -2.39. The van der Waals surface area contributed by atoms with Crippen molar-refractivity contribution >= 4 is 0 Å². The topological polar surface area (TPSA) is 32.5 Å². The lowest BCUT2D eigenvalue weighted by atomic mass is 9.74. The lowest BCUT2D eigenvalue weighted by Crippen LogP contribution is -2.52. The SMILES string of the molecule is NN1CCN(CC23CC(c4ccccc42)c2ccccc23)CC1. The van der Waals surface area contributed by atoms with Crippen LogP contribution in [0.25, 0.3) is 0 Å². The van der Waals surface area contributed by atoms with E-state index >= 15 is 0 Å². The van der Waals surface area contributed by atoms with Gasteiger partial charge in [-0.15, -0.1) is 0 Å². The molecule has 1 saturated heterocycles. The summed E-state index contributed by atoms with van der Waals surface area (Å²) in [5, 5.41) is 1.95. The highest BCUT2D eigenvalue weighted by atomic mass is 15.4. The molecule has 2 N–H and O–H groups in total. The van der Waals surface area contributed by atoms with Crippen LogP contribution in [0.1, 0.15) is 34.6 Å². The molecule has 0 saturated carbocycles. The van der Waals surface area contributed by atoms with Crippen molar-refractivity contribution in [3.63, 3.8) is 0 Å². The summed E-state index contributed by atoms with van der Waals surface area (Å²) in [6.45, 7) is 5.23. The van der Waals surface area contributed by atoms with Gasteiger partial charge < -0.3 is 0 Å². The highest BCUT2D eigenvalue weighted by Crippen LogP contribution is 2.60. The number of hydrazine groups is 1. The van der Waals surface area contributed by atoms with E-state index in [0.29, 0.717) is 5.92 Å². The lowest BCUT2D eigenvalue weighted by molar-refractivity contribution is 0.118.